The van der Waals surface area contributed by atoms with Crippen LogP contribution in [0.25, 0.3) is 0 Å². The predicted molar refractivity (Wildman–Crippen MR) is 37.1 cm³/mol. The summed E-state index contributed by atoms with van der Waals surface area (Å²) in [5, 5.41) is 7.45. The Balaban J connectivity index is 2.87. The molecule has 1 aromatic rings. The molecule has 10 heavy (non-hydrogen) atoms. The fourth-order valence-corrected chi connectivity index (χ4v) is 0.636. The van der Waals surface area contributed by atoms with E-state index in [1.165, 1.54) is 0 Å². The van der Waals surface area contributed by atoms with E-state index in [1.54, 1.807) is 6.20 Å². The van der Waals surface area contributed by atoms with Crippen molar-refractivity contribution in [2.24, 2.45) is 5.73 Å². The molecule has 2 N–H and O–H groups in total. The van der Waals surface area contributed by atoms with E-state index in [9.17, 15) is 0 Å². The molecule has 54 valence electrons. The van der Waals surface area contributed by atoms with Gasteiger partial charge in [0.05, 0.1) is 18.4 Å². The van der Waals surface area contributed by atoms with Crippen LogP contribution in [0.1, 0.15) is 18.4 Å². The van der Waals surface area contributed by atoms with Crippen LogP contribution in [0.4, 0.5) is 0 Å². The molecule has 0 bridgehead atoms. The number of hydrogen-bond donors (Lipinski definition) is 1. The number of nitrogens with two attached hydrogens (primary N) is 1. The van der Waals surface area contributed by atoms with Crippen LogP contribution in [0.15, 0.2) is 6.20 Å². The van der Waals surface area contributed by atoms with Crippen molar-refractivity contribution < 1.29 is 0 Å². The summed E-state index contributed by atoms with van der Waals surface area (Å²) in [7, 11) is 0. The minimum atomic E-state index is 0.362. The van der Waals surface area contributed by atoms with Gasteiger partial charge in [0.2, 0.25) is 0 Å². The lowest BCUT2D eigenvalue weighted by atomic mass is 10.4. The highest BCUT2D eigenvalue weighted by Crippen LogP contribution is 1.91. The predicted octanol–water partition coefficient (Wildman–Crippen LogP) is -0.107. The molecule has 0 amide bonds. The standard InChI is InChI=1S/C6H10N4/c1-2-5-4-8-10-6(3-7)9-5/h4H,2-3,7H2,1H3. The average molecular weight is 138 g/mol. The van der Waals surface area contributed by atoms with Crippen molar-refractivity contribution in [2.75, 3.05) is 0 Å². The molecule has 4 nitrogen and oxygen atoms in total. The summed E-state index contributed by atoms with van der Waals surface area (Å²) < 4.78 is 0. The molecule has 1 heterocycles. The summed E-state index contributed by atoms with van der Waals surface area (Å²) >= 11 is 0. The summed E-state index contributed by atoms with van der Waals surface area (Å²) in [5.74, 6) is 0.611. The van der Waals surface area contributed by atoms with Crippen LogP contribution >= 0.6 is 0 Å². The largest absolute Gasteiger partial charge is 0.324 e. The first-order valence-corrected chi connectivity index (χ1v) is 3.24. The molecule has 0 unspecified atom stereocenters. The van der Waals surface area contributed by atoms with Gasteiger partial charge in [0.15, 0.2) is 5.82 Å². The first-order chi connectivity index (χ1) is 4.86. The van der Waals surface area contributed by atoms with Crippen molar-refractivity contribution in [3.05, 3.63) is 17.7 Å². The average Bonchev–Trinajstić information content (AvgIpc) is 2.05. The van der Waals surface area contributed by atoms with Crippen molar-refractivity contribution in [1.29, 1.82) is 0 Å². The topological polar surface area (TPSA) is 64.7 Å². The lowest BCUT2D eigenvalue weighted by Crippen LogP contribution is -2.05. The van der Waals surface area contributed by atoms with Crippen molar-refractivity contribution in [3.63, 3.8) is 0 Å². The Morgan fingerprint density at radius 2 is 2.40 bits per heavy atom. The summed E-state index contributed by atoms with van der Waals surface area (Å²) in [4.78, 5) is 4.11. The van der Waals surface area contributed by atoms with Crippen LogP contribution in [0.5, 0.6) is 0 Å². The van der Waals surface area contributed by atoms with Crippen LogP contribution in [0.2, 0.25) is 0 Å². The molecule has 0 aliphatic heterocycles. The highest BCUT2D eigenvalue weighted by Gasteiger charge is 1.94. The Labute approximate surface area is 59.5 Å². The first kappa shape index (κ1) is 7.08. The number of aromatic nitrogens is 3. The van der Waals surface area contributed by atoms with E-state index < -0.39 is 0 Å². The van der Waals surface area contributed by atoms with Crippen molar-refractivity contribution >= 4 is 0 Å². The second-order valence-electron chi connectivity index (χ2n) is 1.92. The van der Waals surface area contributed by atoms with E-state index in [1.807, 2.05) is 6.92 Å². The molecule has 0 saturated heterocycles. The van der Waals surface area contributed by atoms with Gasteiger partial charge in [0, 0.05) is 0 Å². The van der Waals surface area contributed by atoms with Crippen LogP contribution in [0, 0.1) is 0 Å². The summed E-state index contributed by atoms with van der Waals surface area (Å²) in [6, 6.07) is 0. The molecule has 0 saturated carbocycles. The van der Waals surface area contributed by atoms with Gasteiger partial charge in [-0.15, -0.1) is 5.10 Å². The summed E-state index contributed by atoms with van der Waals surface area (Å²) in [6.45, 7) is 2.38. The Morgan fingerprint density at radius 3 is 3.00 bits per heavy atom. The number of nitrogens with zero attached hydrogens (tertiary/aromatic N) is 3. The minimum Gasteiger partial charge on any atom is -0.324 e. The van der Waals surface area contributed by atoms with Crippen molar-refractivity contribution in [2.45, 2.75) is 19.9 Å². The molecule has 1 aromatic heterocycles. The summed E-state index contributed by atoms with van der Waals surface area (Å²) in [6.07, 6.45) is 2.53. The van der Waals surface area contributed by atoms with Crippen molar-refractivity contribution in [3.8, 4) is 0 Å². The summed E-state index contributed by atoms with van der Waals surface area (Å²) in [5.41, 5.74) is 6.25. The SMILES string of the molecule is CCc1cnnc(CN)n1. The molecule has 0 fully saturated rings. The van der Waals surface area contributed by atoms with Gasteiger partial charge in [-0.05, 0) is 6.42 Å². The van der Waals surface area contributed by atoms with Crippen LogP contribution in [-0.4, -0.2) is 15.2 Å². The highest BCUT2D eigenvalue weighted by molar-refractivity contribution is 4.95. The van der Waals surface area contributed by atoms with E-state index in [4.69, 9.17) is 5.73 Å². The van der Waals surface area contributed by atoms with Crippen LogP contribution in [0.3, 0.4) is 0 Å². The first-order valence-electron chi connectivity index (χ1n) is 3.24. The van der Waals surface area contributed by atoms with E-state index in [2.05, 4.69) is 15.2 Å². The zero-order chi connectivity index (χ0) is 7.40. The maximum Gasteiger partial charge on any atom is 0.164 e. The molecule has 0 spiro atoms. The Bertz CT molecular complexity index is 191. The molecule has 0 aliphatic rings. The fourth-order valence-electron chi connectivity index (χ4n) is 0.636. The van der Waals surface area contributed by atoms with E-state index in [0.29, 0.717) is 12.4 Å². The molecule has 0 radical (unpaired) electrons. The van der Waals surface area contributed by atoms with Gasteiger partial charge in [0.1, 0.15) is 0 Å². The molecule has 0 aliphatic carbocycles. The molecule has 4 heteroatoms. The van der Waals surface area contributed by atoms with E-state index in [-0.39, 0.29) is 0 Å². The van der Waals surface area contributed by atoms with Crippen molar-refractivity contribution in [1.82, 2.24) is 15.2 Å². The van der Waals surface area contributed by atoms with E-state index >= 15 is 0 Å². The Morgan fingerprint density at radius 1 is 1.60 bits per heavy atom. The third kappa shape index (κ3) is 1.48. The fraction of sp³-hybridized carbons (Fsp3) is 0.500. The molecule has 1 rings (SSSR count). The lowest BCUT2D eigenvalue weighted by molar-refractivity contribution is 0.796. The third-order valence-electron chi connectivity index (χ3n) is 1.20. The third-order valence-corrected chi connectivity index (χ3v) is 1.20. The van der Waals surface area contributed by atoms with Gasteiger partial charge in [-0.25, -0.2) is 4.98 Å². The van der Waals surface area contributed by atoms with Gasteiger partial charge in [-0.3, -0.25) is 0 Å². The lowest BCUT2D eigenvalue weighted by Gasteiger charge is -1.95. The second kappa shape index (κ2) is 3.22. The second-order valence-corrected chi connectivity index (χ2v) is 1.92. The smallest absolute Gasteiger partial charge is 0.164 e. The van der Waals surface area contributed by atoms with Gasteiger partial charge in [-0.2, -0.15) is 5.10 Å². The van der Waals surface area contributed by atoms with Gasteiger partial charge in [-0.1, -0.05) is 6.92 Å². The monoisotopic (exact) mass is 138 g/mol. The minimum absolute atomic E-state index is 0.362. The quantitative estimate of drug-likeness (QED) is 0.619. The molecular formula is C6H10N4. The maximum absolute atomic E-state index is 5.31. The van der Waals surface area contributed by atoms with Gasteiger partial charge in [0.25, 0.3) is 0 Å². The number of aryl methyl sites for hydroxylation is 1. The number of hydrogen-bond acceptors (Lipinski definition) is 4. The molecular weight excluding hydrogens is 128 g/mol. The van der Waals surface area contributed by atoms with E-state index in [0.717, 1.165) is 12.1 Å². The zero-order valence-electron chi connectivity index (χ0n) is 5.91. The van der Waals surface area contributed by atoms with Crippen LogP contribution in [-0.2, 0) is 13.0 Å². The maximum atomic E-state index is 5.31. The Kier molecular flexibility index (Phi) is 2.28. The highest BCUT2D eigenvalue weighted by atomic mass is 15.1. The molecule has 0 atom stereocenters. The van der Waals surface area contributed by atoms with Gasteiger partial charge < -0.3 is 5.73 Å². The number of rotatable bonds is 2. The van der Waals surface area contributed by atoms with Crippen LogP contribution < -0.4 is 5.73 Å². The Hall–Kier alpha value is -1.03. The zero-order valence-corrected chi connectivity index (χ0v) is 5.91. The van der Waals surface area contributed by atoms with Gasteiger partial charge >= 0.3 is 0 Å². The normalized spacial score (nSPS) is 9.80. The molecule has 0 aromatic carbocycles.